The second-order valence-electron chi connectivity index (χ2n) is 5.69. The number of anilines is 1. The number of carbonyl (C=O) groups excluding carboxylic acids is 1. The molecule has 0 saturated heterocycles. The number of nitrogens with zero attached hydrogens (tertiary/aromatic N) is 1. The van der Waals surface area contributed by atoms with Crippen molar-refractivity contribution < 1.29 is 9.53 Å². The minimum Gasteiger partial charge on any atom is -0.492 e. The lowest BCUT2D eigenvalue weighted by atomic mass is 9.96. The highest BCUT2D eigenvalue weighted by Crippen LogP contribution is 2.30. The largest absolute Gasteiger partial charge is 0.492 e. The molecule has 2 heterocycles. The molecule has 1 atom stereocenters. The van der Waals surface area contributed by atoms with Gasteiger partial charge in [0.25, 0.3) is 0 Å². The summed E-state index contributed by atoms with van der Waals surface area (Å²) >= 11 is 7.45. The Balaban J connectivity index is 1.68. The van der Waals surface area contributed by atoms with Crippen LogP contribution in [0, 0.1) is 5.92 Å². The highest BCUT2D eigenvalue weighted by atomic mass is 35.5. The fourth-order valence-electron chi connectivity index (χ4n) is 2.35. The van der Waals surface area contributed by atoms with Gasteiger partial charge >= 0.3 is 0 Å². The Bertz CT molecular complexity index is 699. The predicted octanol–water partition coefficient (Wildman–Crippen LogP) is 4.11. The summed E-state index contributed by atoms with van der Waals surface area (Å²) in [6.07, 6.45) is 0.629. The highest BCUT2D eigenvalue weighted by Gasteiger charge is 2.26. The standard InChI is InChI=1S/C16H17ClN2O2S/c1-9(2)13-8-22-16(18-13)19-15(20)11-5-10-6-12(17)3-4-14(10)21-7-11/h3-4,6,8-9,11H,5,7H2,1-2H3,(H,18,19,20). The number of hydrogen-bond acceptors (Lipinski definition) is 4. The lowest BCUT2D eigenvalue weighted by molar-refractivity contribution is -0.121. The maximum Gasteiger partial charge on any atom is 0.233 e. The van der Waals surface area contributed by atoms with Crippen molar-refractivity contribution >= 4 is 34.0 Å². The zero-order chi connectivity index (χ0) is 15.7. The van der Waals surface area contributed by atoms with Gasteiger partial charge in [-0.05, 0) is 36.1 Å². The molecule has 1 aromatic heterocycles. The maximum atomic E-state index is 12.4. The van der Waals surface area contributed by atoms with Crippen molar-refractivity contribution in [3.8, 4) is 5.75 Å². The molecule has 0 saturated carbocycles. The molecule has 1 N–H and O–H groups in total. The summed E-state index contributed by atoms with van der Waals surface area (Å²) in [6, 6.07) is 5.50. The quantitative estimate of drug-likeness (QED) is 0.917. The Hall–Kier alpha value is -1.59. The minimum atomic E-state index is -0.225. The maximum absolute atomic E-state index is 12.4. The van der Waals surface area contributed by atoms with Crippen LogP contribution in [0.4, 0.5) is 5.13 Å². The van der Waals surface area contributed by atoms with Crippen molar-refractivity contribution in [3.05, 3.63) is 39.9 Å². The smallest absolute Gasteiger partial charge is 0.233 e. The number of hydrogen-bond donors (Lipinski definition) is 1. The van der Waals surface area contributed by atoms with Crippen LogP contribution in [-0.4, -0.2) is 17.5 Å². The van der Waals surface area contributed by atoms with Gasteiger partial charge in [0.2, 0.25) is 5.91 Å². The lowest BCUT2D eigenvalue weighted by Crippen LogP contribution is -2.32. The first-order valence-electron chi connectivity index (χ1n) is 7.20. The molecule has 1 amide bonds. The van der Waals surface area contributed by atoms with Crippen LogP contribution in [0.5, 0.6) is 5.75 Å². The van der Waals surface area contributed by atoms with Gasteiger partial charge in [-0.3, -0.25) is 4.79 Å². The third-order valence-corrected chi connectivity index (χ3v) is 4.65. The summed E-state index contributed by atoms with van der Waals surface area (Å²) in [5.41, 5.74) is 1.97. The number of carbonyl (C=O) groups is 1. The molecule has 0 aliphatic carbocycles. The summed E-state index contributed by atoms with van der Waals surface area (Å²) in [4.78, 5) is 16.8. The normalized spacial score (nSPS) is 17.0. The van der Waals surface area contributed by atoms with Crippen molar-refractivity contribution in [2.45, 2.75) is 26.2 Å². The van der Waals surface area contributed by atoms with Gasteiger partial charge in [0, 0.05) is 10.4 Å². The average molecular weight is 337 g/mol. The number of amides is 1. The van der Waals surface area contributed by atoms with Crippen LogP contribution >= 0.6 is 22.9 Å². The molecule has 1 aliphatic heterocycles. The molecule has 3 rings (SSSR count). The van der Waals surface area contributed by atoms with E-state index in [2.05, 4.69) is 24.1 Å². The van der Waals surface area contributed by atoms with Crippen LogP contribution in [0.2, 0.25) is 5.02 Å². The van der Waals surface area contributed by atoms with Crippen LogP contribution in [0.15, 0.2) is 23.6 Å². The van der Waals surface area contributed by atoms with Gasteiger partial charge in [-0.2, -0.15) is 0 Å². The molecular weight excluding hydrogens is 320 g/mol. The molecule has 116 valence electrons. The number of benzene rings is 1. The van der Waals surface area contributed by atoms with E-state index in [9.17, 15) is 4.79 Å². The molecule has 2 aromatic rings. The van der Waals surface area contributed by atoms with Crippen LogP contribution < -0.4 is 10.1 Å². The van der Waals surface area contributed by atoms with Gasteiger partial charge in [-0.1, -0.05) is 25.4 Å². The van der Waals surface area contributed by atoms with Crippen LogP contribution in [0.25, 0.3) is 0 Å². The van der Waals surface area contributed by atoms with E-state index in [4.69, 9.17) is 16.3 Å². The highest BCUT2D eigenvalue weighted by molar-refractivity contribution is 7.13. The van der Waals surface area contributed by atoms with E-state index in [1.165, 1.54) is 11.3 Å². The molecule has 1 unspecified atom stereocenters. The Morgan fingerprint density at radius 2 is 2.32 bits per heavy atom. The van der Waals surface area contributed by atoms with Crippen molar-refractivity contribution in [2.24, 2.45) is 5.92 Å². The number of halogens is 1. The fraction of sp³-hybridized carbons (Fsp3) is 0.375. The monoisotopic (exact) mass is 336 g/mol. The summed E-state index contributed by atoms with van der Waals surface area (Å²) in [7, 11) is 0. The molecule has 0 bridgehead atoms. The number of nitrogens with one attached hydrogen (secondary N) is 1. The number of fused-ring (bicyclic) bond motifs is 1. The Labute approximate surface area is 138 Å². The number of thiazole rings is 1. The van der Waals surface area contributed by atoms with Gasteiger partial charge in [0.05, 0.1) is 11.6 Å². The van der Waals surface area contributed by atoms with Gasteiger partial charge < -0.3 is 10.1 Å². The minimum absolute atomic E-state index is 0.0599. The average Bonchev–Trinajstić information content (AvgIpc) is 2.95. The third-order valence-electron chi connectivity index (χ3n) is 3.64. The van der Waals surface area contributed by atoms with Crippen molar-refractivity contribution in [2.75, 3.05) is 11.9 Å². The lowest BCUT2D eigenvalue weighted by Gasteiger charge is -2.24. The molecule has 22 heavy (non-hydrogen) atoms. The summed E-state index contributed by atoms with van der Waals surface area (Å²) in [5.74, 6) is 0.881. The van der Waals surface area contributed by atoms with Gasteiger partial charge in [-0.15, -0.1) is 11.3 Å². The first-order valence-corrected chi connectivity index (χ1v) is 8.46. The number of rotatable bonds is 3. The molecule has 0 fully saturated rings. The number of aromatic nitrogens is 1. The molecule has 6 heteroatoms. The Morgan fingerprint density at radius 1 is 1.50 bits per heavy atom. The van der Waals surface area contributed by atoms with Crippen LogP contribution in [-0.2, 0) is 11.2 Å². The molecule has 4 nitrogen and oxygen atoms in total. The summed E-state index contributed by atoms with van der Waals surface area (Å²) < 4.78 is 5.66. The fourth-order valence-corrected chi connectivity index (χ4v) is 3.42. The topological polar surface area (TPSA) is 51.2 Å². The van der Waals surface area contributed by atoms with E-state index >= 15 is 0 Å². The van der Waals surface area contributed by atoms with E-state index in [1.807, 2.05) is 17.5 Å². The molecule has 1 aromatic carbocycles. The van der Waals surface area contributed by atoms with Crippen LogP contribution in [0.1, 0.15) is 31.0 Å². The Kier molecular flexibility index (Phi) is 4.36. The van der Waals surface area contributed by atoms with Crippen molar-refractivity contribution in [1.82, 2.24) is 4.98 Å². The zero-order valence-corrected chi connectivity index (χ0v) is 14.0. The molecular formula is C16H17ClN2O2S. The molecule has 1 aliphatic rings. The van der Waals surface area contributed by atoms with E-state index in [0.29, 0.717) is 29.1 Å². The van der Waals surface area contributed by atoms with Crippen molar-refractivity contribution in [3.63, 3.8) is 0 Å². The van der Waals surface area contributed by atoms with E-state index in [0.717, 1.165) is 17.0 Å². The zero-order valence-electron chi connectivity index (χ0n) is 12.4. The van der Waals surface area contributed by atoms with Gasteiger partial charge in [0.15, 0.2) is 5.13 Å². The molecule has 0 spiro atoms. The van der Waals surface area contributed by atoms with E-state index in [1.54, 1.807) is 6.07 Å². The van der Waals surface area contributed by atoms with E-state index in [-0.39, 0.29) is 11.8 Å². The first-order chi connectivity index (χ1) is 10.5. The first kappa shape index (κ1) is 15.3. The predicted molar refractivity (Wildman–Crippen MR) is 89.0 cm³/mol. The van der Waals surface area contributed by atoms with Crippen LogP contribution in [0.3, 0.4) is 0 Å². The van der Waals surface area contributed by atoms with Crippen molar-refractivity contribution in [1.29, 1.82) is 0 Å². The van der Waals surface area contributed by atoms with E-state index < -0.39 is 0 Å². The summed E-state index contributed by atoms with van der Waals surface area (Å²) in [5, 5.41) is 6.17. The third kappa shape index (κ3) is 3.25. The second-order valence-corrected chi connectivity index (χ2v) is 6.98. The second kappa shape index (κ2) is 6.26. The summed E-state index contributed by atoms with van der Waals surface area (Å²) in [6.45, 7) is 4.54. The number of ether oxygens (including phenoxy) is 1. The molecule has 0 radical (unpaired) electrons. The van der Waals surface area contributed by atoms with Gasteiger partial charge in [0.1, 0.15) is 12.4 Å². The Morgan fingerprint density at radius 3 is 3.05 bits per heavy atom. The van der Waals surface area contributed by atoms with Gasteiger partial charge in [-0.25, -0.2) is 4.98 Å². The SMILES string of the molecule is CC(C)c1csc(NC(=O)C2COc3ccc(Cl)cc3C2)n1.